The molecule has 0 unspecified atom stereocenters. The van der Waals surface area contributed by atoms with E-state index in [9.17, 15) is 14.4 Å². The van der Waals surface area contributed by atoms with E-state index in [0.717, 1.165) is 25.7 Å². The average Bonchev–Trinajstić information content (AvgIpc) is 3.21. The molecule has 1 saturated heterocycles. The summed E-state index contributed by atoms with van der Waals surface area (Å²) in [6.45, 7) is 1.60. The maximum Gasteiger partial charge on any atom is 0.308 e. The van der Waals surface area contributed by atoms with Crippen molar-refractivity contribution >= 4 is 23.5 Å². The van der Waals surface area contributed by atoms with Crippen LogP contribution in [0.15, 0.2) is 24.3 Å². The zero-order valence-electron chi connectivity index (χ0n) is 16.4. The fourth-order valence-corrected chi connectivity index (χ4v) is 4.01. The monoisotopic (exact) mass is 387 g/mol. The molecule has 2 aliphatic rings. The molecular formula is C21H29N3O4. The second-order valence-electron chi connectivity index (χ2n) is 7.62. The number of rotatable bonds is 6. The molecule has 1 saturated carbocycles. The van der Waals surface area contributed by atoms with Gasteiger partial charge >= 0.3 is 5.97 Å². The molecule has 152 valence electrons. The molecular weight excluding hydrogens is 358 g/mol. The van der Waals surface area contributed by atoms with Gasteiger partial charge in [0.1, 0.15) is 0 Å². The quantitative estimate of drug-likeness (QED) is 0.731. The molecule has 2 N–H and O–H groups in total. The molecule has 0 radical (unpaired) electrons. The van der Waals surface area contributed by atoms with E-state index in [1.54, 1.807) is 18.2 Å². The Morgan fingerprint density at radius 2 is 1.75 bits per heavy atom. The third kappa shape index (κ3) is 5.32. The second kappa shape index (κ2) is 9.68. The zero-order valence-corrected chi connectivity index (χ0v) is 16.4. The molecule has 1 aromatic rings. The van der Waals surface area contributed by atoms with E-state index >= 15 is 0 Å². The number of hydrogen-bond donors (Lipinski definition) is 2. The Morgan fingerprint density at radius 3 is 2.43 bits per heavy atom. The van der Waals surface area contributed by atoms with Crippen molar-refractivity contribution in [1.82, 2.24) is 10.2 Å². The van der Waals surface area contributed by atoms with Gasteiger partial charge in [0.05, 0.1) is 30.8 Å². The first-order valence-electron chi connectivity index (χ1n) is 10.1. The molecule has 28 heavy (non-hydrogen) atoms. The molecule has 0 aromatic heterocycles. The van der Waals surface area contributed by atoms with Crippen molar-refractivity contribution in [2.75, 3.05) is 32.1 Å². The van der Waals surface area contributed by atoms with Crippen LogP contribution in [0.1, 0.15) is 48.9 Å². The number of amides is 2. The minimum Gasteiger partial charge on any atom is -0.469 e. The van der Waals surface area contributed by atoms with Crippen molar-refractivity contribution in [3.63, 3.8) is 0 Å². The van der Waals surface area contributed by atoms with Crippen molar-refractivity contribution in [3.05, 3.63) is 29.8 Å². The average molecular weight is 387 g/mol. The summed E-state index contributed by atoms with van der Waals surface area (Å²) in [6, 6.07) is 7.33. The van der Waals surface area contributed by atoms with Gasteiger partial charge in [0, 0.05) is 6.04 Å². The van der Waals surface area contributed by atoms with Gasteiger partial charge in [-0.1, -0.05) is 25.0 Å². The van der Waals surface area contributed by atoms with Crippen molar-refractivity contribution in [3.8, 4) is 0 Å². The van der Waals surface area contributed by atoms with Crippen molar-refractivity contribution in [1.29, 1.82) is 0 Å². The number of carbonyl (C=O) groups is 3. The number of hydrogen-bond acceptors (Lipinski definition) is 5. The maximum atomic E-state index is 12.6. The van der Waals surface area contributed by atoms with Gasteiger partial charge in [-0.3, -0.25) is 19.3 Å². The summed E-state index contributed by atoms with van der Waals surface area (Å²) in [5.41, 5.74) is 1.03. The molecule has 0 bridgehead atoms. The fraction of sp³-hybridized carbons (Fsp3) is 0.571. The topological polar surface area (TPSA) is 87.7 Å². The molecule has 1 aliphatic carbocycles. The smallest absolute Gasteiger partial charge is 0.308 e. The number of benzene rings is 1. The van der Waals surface area contributed by atoms with Gasteiger partial charge in [-0.15, -0.1) is 0 Å². The van der Waals surface area contributed by atoms with Crippen LogP contribution in [0.2, 0.25) is 0 Å². The predicted octanol–water partition coefficient (Wildman–Crippen LogP) is 2.18. The SMILES string of the molecule is COC(=O)C1CCN(CC(=O)Nc2ccccc2C(=O)NC2CCCC2)CC1. The summed E-state index contributed by atoms with van der Waals surface area (Å²) in [4.78, 5) is 38.7. The number of para-hydroxylation sites is 1. The van der Waals surface area contributed by atoms with Crippen molar-refractivity contribution in [2.24, 2.45) is 5.92 Å². The highest BCUT2D eigenvalue weighted by molar-refractivity contribution is 6.04. The molecule has 0 atom stereocenters. The normalized spacial score (nSPS) is 18.6. The lowest BCUT2D eigenvalue weighted by molar-refractivity contribution is -0.147. The van der Waals surface area contributed by atoms with Gasteiger partial charge in [0.2, 0.25) is 5.91 Å². The van der Waals surface area contributed by atoms with E-state index in [4.69, 9.17) is 4.74 Å². The highest BCUT2D eigenvalue weighted by Gasteiger charge is 2.27. The molecule has 7 nitrogen and oxygen atoms in total. The molecule has 2 fully saturated rings. The zero-order chi connectivity index (χ0) is 19.9. The molecule has 3 rings (SSSR count). The number of likely N-dealkylation sites (tertiary alicyclic amines) is 1. The Kier molecular flexibility index (Phi) is 7.03. The Morgan fingerprint density at radius 1 is 1.07 bits per heavy atom. The van der Waals surface area contributed by atoms with Gasteiger partial charge in [-0.2, -0.15) is 0 Å². The summed E-state index contributed by atoms with van der Waals surface area (Å²) >= 11 is 0. The van der Waals surface area contributed by atoms with Crippen LogP contribution in [0, 0.1) is 5.92 Å². The number of piperidine rings is 1. The van der Waals surface area contributed by atoms with E-state index in [1.807, 2.05) is 11.0 Å². The highest BCUT2D eigenvalue weighted by atomic mass is 16.5. The number of carbonyl (C=O) groups excluding carboxylic acids is 3. The van der Waals surface area contributed by atoms with Crippen LogP contribution in [0.25, 0.3) is 0 Å². The third-order valence-electron chi connectivity index (χ3n) is 5.63. The van der Waals surface area contributed by atoms with Gasteiger partial charge in [-0.25, -0.2) is 0 Å². The van der Waals surface area contributed by atoms with Gasteiger partial charge in [0.15, 0.2) is 0 Å². The molecule has 7 heteroatoms. The number of nitrogens with one attached hydrogen (secondary N) is 2. The second-order valence-corrected chi connectivity index (χ2v) is 7.62. The Balaban J connectivity index is 1.53. The first kappa shape index (κ1) is 20.3. The van der Waals surface area contributed by atoms with Gasteiger partial charge < -0.3 is 15.4 Å². The van der Waals surface area contributed by atoms with E-state index in [-0.39, 0.29) is 36.3 Å². The number of esters is 1. The van der Waals surface area contributed by atoms with Crippen LogP contribution >= 0.6 is 0 Å². The number of ether oxygens (including phenoxy) is 1. The summed E-state index contributed by atoms with van der Waals surface area (Å²) in [5.74, 6) is -0.546. The Hall–Kier alpha value is -2.41. The lowest BCUT2D eigenvalue weighted by Gasteiger charge is -2.30. The predicted molar refractivity (Wildman–Crippen MR) is 106 cm³/mol. The van der Waals surface area contributed by atoms with E-state index in [2.05, 4.69) is 10.6 Å². The van der Waals surface area contributed by atoms with Gasteiger partial charge in [0.25, 0.3) is 5.91 Å². The first-order valence-corrected chi connectivity index (χ1v) is 10.1. The van der Waals surface area contributed by atoms with E-state index < -0.39 is 0 Å². The molecule has 1 aromatic carbocycles. The first-order chi connectivity index (χ1) is 13.6. The Labute approximate surface area is 165 Å². The van der Waals surface area contributed by atoms with Crippen molar-refractivity contribution < 1.29 is 19.1 Å². The maximum absolute atomic E-state index is 12.6. The van der Waals surface area contributed by atoms with Gasteiger partial charge in [-0.05, 0) is 50.9 Å². The largest absolute Gasteiger partial charge is 0.469 e. The lowest BCUT2D eigenvalue weighted by atomic mass is 9.97. The third-order valence-corrected chi connectivity index (χ3v) is 5.63. The Bertz CT molecular complexity index is 707. The van der Waals surface area contributed by atoms with Crippen LogP contribution in [-0.4, -0.2) is 55.5 Å². The number of methoxy groups -OCH3 is 1. The minimum atomic E-state index is -0.175. The van der Waals surface area contributed by atoms with E-state index in [0.29, 0.717) is 37.2 Å². The van der Waals surface area contributed by atoms with Crippen molar-refractivity contribution in [2.45, 2.75) is 44.6 Å². The molecule has 1 heterocycles. The summed E-state index contributed by atoms with van der Waals surface area (Å²) in [7, 11) is 1.41. The summed E-state index contributed by atoms with van der Waals surface area (Å²) < 4.78 is 4.79. The number of nitrogens with zero attached hydrogens (tertiary/aromatic N) is 1. The lowest BCUT2D eigenvalue weighted by Crippen LogP contribution is -2.41. The molecule has 2 amide bonds. The van der Waals surface area contributed by atoms with Crippen LogP contribution in [0.3, 0.4) is 0 Å². The van der Waals surface area contributed by atoms with Crippen LogP contribution in [-0.2, 0) is 14.3 Å². The highest BCUT2D eigenvalue weighted by Crippen LogP contribution is 2.21. The summed E-state index contributed by atoms with van der Waals surface area (Å²) in [5, 5.41) is 5.94. The van der Waals surface area contributed by atoms with Crippen LogP contribution in [0.4, 0.5) is 5.69 Å². The fourth-order valence-electron chi connectivity index (χ4n) is 4.01. The van der Waals surface area contributed by atoms with Crippen LogP contribution < -0.4 is 10.6 Å². The minimum absolute atomic E-state index is 0.0793. The molecule has 1 aliphatic heterocycles. The number of anilines is 1. The van der Waals surface area contributed by atoms with E-state index in [1.165, 1.54) is 7.11 Å². The molecule has 0 spiro atoms. The standard InChI is InChI=1S/C21H29N3O4/c1-28-21(27)15-10-12-24(13-11-15)14-19(25)23-18-9-5-4-8-17(18)20(26)22-16-6-2-3-7-16/h4-5,8-9,15-16H,2-3,6-7,10-14H2,1H3,(H,22,26)(H,23,25). The van der Waals surface area contributed by atoms with Crippen LogP contribution in [0.5, 0.6) is 0 Å². The summed E-state index contributed by atoms with van der Waals surface area (Å²) in [6.07, 6.45) is 5.72.